The van der Waals surface area contributed by atoms with Crippen LogP contribution in [-0.2, 0) is 20.6 Å². The number of rotatable bonds is 5. The lowest BCUT2D eigenvalue weighted by Crippen LogP contribution is -2.41. The van der Waals surface area contributed by atoms with E-state index in [4.69, 9.17) is 0 Å². The molecule has 0 unspecified atom stereocenters. The molecule has 0 aliphatic carbocycles. The van der Waals surface area contributed by atoms with Crippen molar-refractivity contribution in [2.75, 3.05) is 26.2 Å². The summed E-state index contributed by atoms with van der Waals surface area (Å²) in [6.07, 6.45) is 4.34. The molecular weight excluding hydrogens is 310 g/mol. The van der Waals surface area contributed by atoms with Gasteiger partial charge >= 0.3 is 5.69 Å². The Labute approximate surface area is 139 Å². The van der Waals surface area contributed by atoms with Crippen molar-refractivity contribution < 1.29 is 5.11 Å². The van der Waals surface area contributed by atoms with Crippen LogP contribution in [0.25, 0.3) is 11.2 Å². The van der Waals surface area contributed by atoms with E-state index in [1.807, 2.05) is 0 Å². The first-order valence-corrected chi connectivity index (χ1v) is 8.47. The van der Waals surface area contributed by atoms with Gasteiger partial charge in [0.25, 0.3) is 5.56 Å². The topological polar surface area (TPSA) is 85.3 Å². The molecular formula is C16H25N5O3. The van der Waals surface area contributed by atoms with Crippen LogP contribution in [-0.4, -0.2) is 54.9 Å². The summed E-state index contributed by atoms with van der Waals surface area (Å²) in [5, 5.41) is 9.18. The monoisotopic (exact) mass is 335 g/mol. The molecule has 3 rings (SSSR count). The average molecular weight is 335 g/mol. The summed E-state index contributed by atoms with van der Waals surface area (Å²) in [7, 11) is 3.41. The lowest BCUT2D eigenvalue weighted by atomic mass is 9.98. The summed E-state index contributed by atoms with van der Waals surface area (Å²) in [5.74, 6) is 0.420. The van der Waals surface area contributed by atoms with Gasteiger partial charge < -0.3 is 14.6 Å². The maximum atomic E-state index is 12.6. The van der Waals surface area contributed by atoms with Gasteiger partial charge in [-0.3, -0.25) is 13.9 Å². The van der Waals surface area contributed by atoms with Gasteiger partial charge in [0.1, 0.15) is 0 Å². The van der Waals surface area contributed by atoms with Crippen LogP contribution in [0.4, 0.5) is 0 Å². The Hall–Kier alpha value is -1.93. The fourth-order valence-corrected chi connectivity index (χ4v) is 3.44. The minimum Gasteiger partial charge on any atom is -0.396 e. The number of nitrogens with zero attached hydrogens (tertiary/aromatic N) is 5. The molecule has 0 saturated carbocycles. The van der Waals surface area contributed by atoms with E-state index >= 15 is 0 Å². The third-order valence-electron chi connectivity index (χ3n) is 5.02. The lowest BCUT2D eigenvalue weighted by Gasteiger charge is -2.30. The predicted octanol–water partition coefficient (Wildman–Crippen LogP) is -0.472. The summed E-state index contributed by atoms with van der Waals surface area (Å²) in [6.45, 7) is 3.48. The van der Waals surface area contributed by atoms with Gasteiger partial charge in [0, 0.05) is 27.2 Å². The predicted molar refractivity (Wildman–Crippen MR) is 91.1 cm³/mol. The van der Waals surface area contributed by atoms with Crippen molar-refractivity contribution in [1.29, 1.82) is 0 Å². The van der Waals surface area contributed by atoms with Crippen molar-refractivity contribution in [1.82, 2.24) is 23.6 Å². The van der Waals surface area contributed by atoms with E-state index in [0.29, 0.717) is 23.6 Å². The number of hydrogen-bond donors (Lipinski definition) is 1. The summed E-state index contributed by atoms with van der Waals surface area (Å²) in [4.78, 5) is 31.5. The Kier molecular flexibility index (Phi) is 4.86. The number of aryl methyl sites for hydroxylation is 2. The molecule has 0 spiro atoms. The molecule has 8 nitrogen and oxygen atoms in total. The van der Waals surface area contributed by atoms with Crippen LogP contribution in [0.15, 0.2) is 15.9 Å². The van der Waals surface area contributed by atoms with Crippen molar-refractivity contribution in [3.05, 3.63) is 27.2 Å². The van der Waals surface area contributed by atoms with Gasteiger partial charge in [0.15, 0.2) is 11.2 Å². The highest BCUT2D eigenvalue weighted by Gasteiger charge is 2.19. The van der Waals surface area contributed by atoms with Crippen LogP contribution >= 0.6 is 0 Å². The van der Waals surface area contributed by atoms with Crippen LogP contribution < -0.4 is 11.2 Å². The first-order chi connectivity index (χ1) is 11.5. The second-order valence-corrected chi connectivity index (χ2v) is 6.65. The Morgan fingerprint density at radius 2 is 1.92 bits per heavy atom. The zero-order chi connectivity index (χ0) is 17.3. The van der Waals surface area contributed by atoms with Gasteiger partial charge in [-0.05, 0) is 44.8 Å². The number of likely N-dealkylation sites (tertiary alicyclic amines) is 1. The number of hydrogen-bond acceptors (Lipinski definition) is 5. The Morgan fingerprint density at radius 3 is 2.58 bits per heavy atom. The van der Waals surface area contributed by atoms with Crippen LogP contribution in [0.5, 0.6) is 0 Å². The molecule has 2 aromatic heterocycles. The molecule has 2 aromatic rings. The number of imidazole rings is 1. The number of fused-ring (bicyclic) bond motifs is 1. The maximum absolute atomic E-state index is 12.6. The molecule has 3 heterocycles. The van der Waals surface area contributed by atoms with Crippen LogP contribution in [0.1, 0.15) is 19.3 Å². The fraction of sp³-hybridized carbons (Fsp3) is 0.688. The van der Waals surface area contributed by atoms with E-state index < -0.39 is 0 Å². The van der Waals surface area contributed by atoms with Gasteiger partial charge in [-0.15, -0.1) is 0 Å². The van der Waals surface area contributed by atoms with E-state index in [1.165, 1.54) is 9.13 Å². The van der Waals surface area contributed by atoms with E-state index in [2.05, 4.69) is 9.88 Å². The Morgan fingerprint density at radius 1 is 1.21 bits per heavy atom. The van der Waals surface area contributed by atoms with E-state index in [9.17, 15) is 14.7 Å². The van der Waals surface area contributed by atoms with Crippen molar-refractivity contribution >= 4 is 11.2 Å². The smallest absolute Gasteiger partial charge is 0.332 e. The summed E-state index contributed by atoms with van der Waals surface area (Å²) >= 11 is 0. The van der Waals surface area contributed by atoms with Gasteiger partial charge in [-0.1, -0.05) is 0 Å². The molecule has 1 saturated heterocycles. The highest BCUT2D eigenvalue weighted by molar-refractivity contribution is 5.69. The summed E-state index contributed by atoms with van der Waals surface area (Å²) < 4.78 is 4.40. The molecule has 1 N–H and O–H groups in total. The molecule has 0 bridgehead atoms. The molecule has 1 aliphatic rings. The summed E-state index contributed by atoms with van der Waals surface area (Å²) in [6, 6.07) is 0. The number of aliphatic hydroxyl groups is 1. The number of piperidine rings is 1. The van der Waals surface area contributed by atoms with Crippen molar-refractivity contribution in [3.8, 4) is 0 Å². The van der Waals surface area contributed by atoms with Crippen molar-refractivity contribution in [3.63, 3.8) is 0 Å². The third kappa shape index (κ3) is 3.03. The second kappa shape index (κ2) is 6.90. The molecule has 0 atom stereocenters. The molecule has 24 heavy (non-hydrogen) atoms. The largest absolute Gasteiger partial charge is 0.396 e. The maximum Gasteiger partial charge on any atom is 0.332 e. The normalized spacial score (nSPS) is 17.0. The Bertz CT molecular complexity index is 827. The van der Waals surface area contributed by atoms with Crippen molar-refractivity contribution in [2.45, 2.75) is 25.8 Å². The van der Waals surface area contributed by atoms with Crippen LogP contribution in [0.2, 0.25) is 0 Å². The Balaban J connectivity index is 1.71. The molecule has 132 valence electrons. The molecule has 0 aromatic carbocycles. The number of aromatic nitrogens is 4. The van der Waals surface area contributed by atoms with Crippen LogP contribution in [0.3, 0.4) is 0 Å². The minimum atomic E-state index is -0.315. The number of aliphatic hydroxyl groups excluding tert-OH is 1. The zero-order valence-electron chi connectivity index (χ0n) is 14.3. The highest BCUT2D eigenvalue weighted by atomic mass is 16.3. The van der Waals surface area contributed by atoms with E-state index in [1.54, 1.807) is 25.0 Å². The first-order valence-electron chi connectivity index (χ1n) is 8.47. The molecule has 0 amide bonds. The average Bonchev–Trinajstić information content (AvgIpc) is 2.98. The third-order valence-corrected chi connectivity index (χ3v) is 5.02. The van der Waals surface area contributed by atoms with Crippen molar-refractivity contribution in [2.24, 2.45) is 20.0 Å². The summed E-state index contributed by atoms with van der Waals surface area (Å²) in [5.41, 5.74) is 0.299. The van der Waals surface area contributed by atoms with Crippen LogP contribution in [0, 0.1) is 5.92 Å². The highest BCUT2D eigenvalue weighted by Crippen LogP contribution is 2.16. The van der Waals surface area contributed by atoms with E-state index in [-0.39, 0.29) is 17.9 Å². The molecule has 0 radical (unpaired) electrons. The van der Waals surface area contributed by atoms with Gasteiger partial charge in [0.2, 0.25) is 0 Å². The molecule has 8 heteroatoms. The SMILES string of the molecule is Cn1cnc2c1c(=O)n(CCCN1CCC(CO)CC1)c(=O)n2C. The van der Waals surface area contributed by atoms with E-state index in [0.717, 1.165) is 38.9 Å². The minimum absolute atomic E-state index is 0.268. The quantitative estimate of drug-likeness (QED) is 0.798. The second-order valence-electron chi connectivity index (χ2n) is 6.65. The fourth-order valence-electron chi connectivity index (χ4n) is 3.44. The van der Waals surface area contributed by atoms with Gasteiger partial charge in [-0.2, -0.15) is 0 Å². The standard InChI is InChI=1S/C16H25N5O3/c1-18-11-17-14-13(18)15(23)21(16(24)19(14)2)7-3-6-20-8-4-12(10-22)5-9-20/h11-12,22H,3-10H2,1-2H3. The zero-order valence-corrected chi connectivity index (χ0v) is 14.3. The molecule has 1 fully saturated rings. The van der Waals surface area contributed by atoms with Gasteiger partial charge in [-0.25, -0.2) is 9.78 Å². The first kappa shape index (κ1) is 16.9. The molecule has 1 aliphatic heterocycles. The lowest BCUT2D eigenvalue weighted by molar-refractivity contribution is 0.129. The van der Waals surface area contributed by atoms with Gasteiger partial charge in [0.05, 0.1) is 6.33 Å².